The number of fused-ring (bicyclic) bond motifs is 1. The molecule has 4 rings (SSSR count). The average Bonchev–Trinajstić information content (AvgIpc) is 2.94. The van der Waals surface area contributed by atoms with Crippen molar-refractivity contribution in [2.75, 3.05) is 14.1 Å². The molecule has 2 fully saturated rings. The van der Waals surface area contributed by atoms with Crippen molar-refractivity contribution in [3.63, 3.8) is 0 Å². The molecule has 0 atom stereocenters. The third kappa shape index (κ3) is 2.93. The van der Waals surface area contributed by atoms with Crippen LogP contribution < -0.4 is 5.46 Å². The van der Waals surface area contributed by atoms with Gasteiger partial charge in [-0.3, -0.25) is 0 Å². The van der Waals surface area contributed by atoms with Crippen LogP contribution in [0.4, 0.5) is 0 Å². The minimum Gasteiger partial charge on any atom is -0.399 e. The molecule has 1 saturated heterocycles. The van der Waals surface area contributed by atoms with Gasteiger partial charge in [0.05, 0.1) is 26.4 Å². The molecule has 6 heteroatoms. The normalized spacial score (nSPS) is 27.9. The quantitative estimate of drug-likeness (QED) is 0.788. The highest BCUT2D eigenvalue weighted by Crippen LogP contribution is 2.42. The third-order valence-electron chi connectivity index (χ3n) is 6.15. The van der Waals surface area contributed by atoms with Gasteiger partial charge in [0.15, 0.2) is 0 Å². The Hall–Kier alpha value is -0.945. The van der Waals surface area contributed by atoms with Gasteiger partial charge in [0.1, 0.15) is 0 Å². The summed E-state index contributed by atoms with van der Waals surface area (Å²) in [5.74, 6) is 0.616. The number of thiazole rings is 1. The van der Waals surface area contributed by atoms with Crippen molar-refractivity contribution >= 4 is 34.1 Å². The van der Waals surface area contributed by atoms with Gasteiger partial charge in [0, 0.05) is 12.0 Å². The van der Waals surface area contributed by atoms with E-state index in [1.54, 1.807) is 0 Å². The molecule has 0 N–H and O–H groups in total. The highest BCUT2D eigenvalue weighted by molar-refractivity contribution is 7.18. The predicted octanol–water partition coefficient (Wildman–Crippen LogP) is 3.40. The van der Waals surface area contributed by atoms with Gasteiger partial charge in [-0.2, -0.15) is 0 Å². The smallest absolute Gasteiger partial charge is 0.399 e. The Morgan fingerprint density at radius 1 is 1.12 bits per heavy atom. The number of aromatic nitrogens is 1. The molecule has 0 radical (unpaired) electrons. The molecule has 2 aliphatic rings. The molecule has 0 unspecified atom stereocenters. The van der Waals surface area contributed by atoms with Crippen molar-refractivity contribution in [1.29, 1.82) is 0 Å². The SMILES string of the molecule is CN(C)C1CC(c2nc3cc(B4OC(C)(C)C(C)(C)O4)ccc3s2)C1. The zero-order valence-corrected chi connectivity index (χ0v) is 16.8. The summed E-state index contributed by atoms with van der Waals surface area (Å²) in [6.07, 6.45) is 2.44. The minimum atomic E-state index is -0.318. The lowest BCUT2D eigenvalue weighted by molar-refractivity contribution is 0.00578. The van der Waals surface area contributed by atoms with Gasteiger partial charge < -0.3 is 14.2 Å². The maximum atomic E-state index is 6.17. The molecule has 0 amide bonds. The van der Waals surface area contributed by atoms with Crippen molar-refractivity contribution in [1.82, 2.24) is 9.88 Å². The number of hydrogen-bond acceptors (Lipinski definition) is 5. The summed E-state index contributed by atoms with van der Waals surface area (Å²) < 4.78 is 13.6. The first-order valence-corrected chi connectivity index (χ1v) is 9.90. The Morgan fingerprint density at radius 2 is 1.76 bits per heavy atom. The van der Waals surface area contributed by atoms with Gasteiger partial charge in [-0.25, -0.2) is 4.98 Å². The highest BCUT2D eigenvalue weighted by atomic mass is 32.1. The summed E-state index contributed by atoms with van der Waals surface area (Å²) in [6, 6.07) is 7.13. The second-order valence-corrected chi connectivity index (χ2v) is 9.72. The van der Waals surface area contributed by atoms with Crippen molar-refractivity contribution in [3.05, 3.63) is 23.2 Å². The lowest BCUT2D eigenvalue weighted by atomic mass is 9.79. The standard InChI is InChI=1S/C19H27BN2O2S/c1-18(2)19(3,4)24-20(23-18)13-7-8-16-15(11-13)21-17(25-16)12-9-14(10-12)22(5)6/h7-8,11-12,14H,9-10H2,1-6H3. The van der Waals surface area contributed by atoms with Crippen molar-refractivity contribution in [2.45, 2.75) is 63.7 Å². The largest absolute Gasteiger partial charge is 0.494 e. The fourth-order valence-corrected chi connectivity index (χ4v) is 4.55. The molecule has 1 aliphatic carbocycles. The van der Waals surface area contributed by atoms with Gasteiger partial charge in [0.2, 0.25) is 0 Å². The van der Waals surface area contributed by atoms with E-state index in [0.717, 1.165) is 11.0 Å². The van der Waals surface area contributed by atoms with Crippen LogP contribution in [0, 0.1) is 0 Å². The Balaban J connectivity index is 1.56. The molecule has 4 nitrogen and oxygen atoms in total. The number of benzene rings is 1. The van der Waals surface area contributed by atoms with E-state index in [0.29, 0.717) is 12.0 Å². The van der Waals surface area contributed by atoms with Crippen LogP contribution in [0.2, 0.25) is 0 Å². The number of nitrogens with zero attached hydrogens (tertiary/aromatic N) is 2. The molecule has 0 bridgehead atoms. The molecule has 1 aromatic carbocycles. The van der Waals surface area contributed by atoms with Crippen LogP contribution in [0.5, 0.6) is 0 Å². The second kappa shape index (κ2) is 5.78. The first-order chi connectivity index (χ1) is 11.7. The summed E-state index contributed by atoms with van der Waals surface area (Å²) in [4.78, 5) is 7.24. The van der Waals surface area contributed by atoms with E-state index in [9.17, 15) is 0 Å². The van der Waals surface area contributed by atoms with Gasteiger partial charge in [-0.15, -0.1) is 11.3 Å². The maximum absolute atomic E-state index is 6.17. The number of hydrogen-bond donors (Lipinski definition) is 0. The molecule has 134 valence electrons. The summed E-state index contributed by atoms with van der Waals surface area (Å²) in [5, 5.41) is 1.28. The minimum absolute atomic E-state index is 0.313. The highest BCUT2D eigenvalue weighted by Gasteiger charge is 2.51. The van der Waals surface area contributed by atoms with E-state index < -0.39 is 0 Å². The van der Waals surface area contributed by atoms with E-state index >= 15 is 0 Å². The summed E-state index contributed by atoms with van der Waals surface area (Å²) >= 11 is 1.83. The Labute approximate surface area is 154 Å². The van der Waals surface area contributed by atoms with E-state index in [2.05, 4.69) is 64.9 Å². The molecule has 2 aromatic rings. The molecule has 0 spiro atoms. The molecule has 2 heterocycles. The zero-order valence-electron chi connectivity index (χ0n) is 16.0. The van der Waals surface area contributed by atoms with Crippen LogP contribution in [-0.2, 0) is 9.31 Å². The van der Waals surface area contributed by atoms with Gasteiger partial charge >= 0.3 is 7.12 Å². The van der Waals surface area contributed by atoms with Gasteiger partial charge in [-0.05, 0) is 72.2 Å². The first kappa shape index (κ1) is 17.5. The van der Waals surface area contributed by atoms with Crippen molar-refractivity contribution in [3.8, 4) is 0 Å². The molecule has 1 saturated carbocycles. The van der Waals surface area contributed by atoms with Crippen LogP contribution in [0.25, 0.3) is 10.2 Å². The fourth-order valence-electron chi connectivity index (χ4n) is 3.47. The van der Waals surface area contributed by atoms with Crippen molar-refractivity contribution in [2.24, 2.45) is 0 Å². The second-order valence-electron chi connectivity index (χ2n) is 8.65. The summed E-state index contributed by atoms with van der Waals surface area (Å²) in [6.45, 7) is 8.35. The number of rotatable bonds is 3. The predicted molar refractivity (Wildman–Crippen MR) is 105 cm³/mol. The van der Waals surface area contributed by atoms with Crippen LogP contribution in [0.1, 0.15) is 51.5 Å². The first-order valence-electron chi connectivity index (χ1n) is 9.09. The lowest BCUT2D eigenvalue weighted by Gasteiger charge is -2.38. The summed E-state index contributed by atoms with van der Waals surface area (Å²) in [7, 11) is 4.01. The summed E-state index contributed by atoms with van der Waals surface area (Å²) in [5.41, 5.74) is 1.50. The van der Waals surface area contributed by atoms with Crippen LogP contribution in [0.3, 0.4) is 0 Å². The van der Waals surface area contributed by atoms with Crippen LogP contribution >= 0.6 is 11.3 Å². The van der Waals surface area contributed by atoms with E-state index in [4.69, 9.17) is 14.3 Å². The zero-order chi connectivity index (χ0) is 18.0. The molecule has 1 aromatic heterocycles. The third-order valence-corrected chi connectivity index (χ3v) is 7.35. The molecule has 1 aliphatic heterocycles. The topological polar surface area (TPSA) is 34.6 Å². The van der Waals surface area contributed by atoms with Crippen LogP contribution in [0.15, 0.2) is 18.2 Å². The Kier molecular flexibility index (Phi) is 4.04. The maximum Gasteiger partial charge on any atom is 0.494 e. The van der Waals surface area contributed by atoms with Crippen molar-refractivity contribution < 1.29 is 9.31 Å². The lowest BCUT2D eigenvalue weighted by Crippen LogP contribution is -2.41. The Morgan fingerprint density at radius 3 is 2.36 bits per heavy atom. The van der Waals surface area contributed by atoms with E-state index in [-0.39, 0.29) is 18.3 Å². The van der Waals surface area contributed by atoms with Crippen LogP contribution in [-0.4, -0.2) is 48.3 Å². The molecular weight excluding hydrogens is 331 g/mol. The van der Waals surface area contributed by atoms with E-state index in [1.165, 1.54) is 22.5 Å². The molecule has 25 heavy (non-hydrogen) atoms. The van der Waals surface area contributed by atoms with Gasteiger partial charge in [-0.1, -0.05) is 6.07 Å². The fraction of sp³-hybridized carbons (Fsp3) is 0.632. The monoisotopic (exact) mass is 358 g/mol. The molecular formula is C19H27BN2O2S. The van der Waals surface area contributed by atoms with E-state index in [1.807, 2.05) is 11.3 Å². The average molecular weight is 358 g/mol. The van der Waals surface area contributed by atoms with Gasteiger partial charge in [0.25, 0.3) is 0 Å². The Bertz CT molecular complexity index is 780.